The Hall–Kier alpha value is -3.09. The second kappa shape index (κ2) is 6.43. The number of nitrogens with zero attached hydrogens (tertiary/aromatic N) is 1. The van der Waals surface area contributed by atoms with Gasteiger partial charge in [-0.2, -0.15) is 0 Å². The fourth-order valence-electron chi connectivity index (χ4n) is 2.68. The minimum Gasteiger partial charge on any atom is -0.466 e. The number of hydrogen-bond donors (Lipinski definition) is 2. The second-order valence-electron chi connectivity index (χ2n) is 6.19. The lowest BCUT2D eigenvalue weighted by atomic mass is 9.99. The highest BCUT2D eigenvalue weighted by molar-refractivity contribution is 6.08. The third-order valence-corrected chi connectivity index (χ3v) is 4.20. The molecule has 3 rings (SSSR count). The molecule has 1 aliphatic heterocycles. The Labute approximate surface area is 145 Å². The Balaban J connectivity index is 1.62. The van der Waals surface area contributed by atoms with Gasteiger partial charge in [0.15, 0.2) is 5.54 Å². The van der Waals surface area contributed by atoms with E-state index < -0.39 is 23.4 Å². The van der Waals surface area contributed by atoms with Gasteiger partial charge in [-0.3, -0.25) is 14.5 Å². The minimum atomic E-state index is -1.29. The number of imide groups is 1. The third-order valence-electron chi connectivity index (χ3n) is 4.20. The molecule has 1 aromatic carbocycles. The maximum atomic E-state index is 12.6. The zero-order chi connectivity index (χ0) is 18.0. The molecule has 25 heavy (non-hydrogen) atoms. The average molecular weight is 341 g/mol. The molecule has 7 heteroatoms. The quantitative estimate of drug-likeness (QED) is 0.809. The average Bonchev–Trinajstić information content (AvgIpc) is 3.19. The molecule has 1 aliphatic rings. The molecule has 0 aliphatic carbocycles. The van der Waals surface area contributed by atoms with Crippen LogP contribution in [-0.2, 0) is 21.7 Å². The van der Waals surface area contributed by atoms with Crippen molar-refractivity contribution in [2.75, 3.05) is 6.54 Å². The maximum Gasteiger partial charge on any atom is 0.325 e. The van der Waals surface area contributed by atoms with Gasteiger partial charge >= 0.3 is 6.03 Å². The normalized spacial score (nSPS) is 19.8. The lowest BCUT2D eigenvalue weighted by molar-refractivity contribution is -0.135. The Morgan fingerprint density at radius 3 is 2.60 bits per heavy atom. The summed E-state index contributed by atoms with van der Waals surface area (Å²) < 4.78 is 5.24. The molecule has 0 saturated carbocycles. The Morgan fingerprint density at radius 1 is 1.24 bits per heavy atom. The van der Waals surface area contributed by atoms with Gasteiger partial charge in [0.25, 0.3) is 5.91 Å². The van der Waals surface area contributed by atoms with Crippen LogP contribution < -0.4 is 10.6 Å². The van der Waals surface area contributed by atoms with Gasteiger partial charge in [0.1, 0.15) is 12.3 Å². The summed E-state index contributed by atoms with van der Waals surface area (Å²) in [4.78, 5) is 37.7. The first-order valence-electron chi connectivity index (χ1n) is 7.90. The van der Waals surface area contributed by atoms with Gasteiger partial charge in [-0.1, -0.05) is 29.8 Å². The lowest BCUT2D eigenvalue weighted by Crippen LogP contribution is -2.43. The molecule has 0 radical (unpaired) electrons. The molecule has 1 saturated heterocycles. The number of carbonyl (C=O) groups is 3. The van der Waals surface area contributed by atoms with Gasteiger partial charge in [0.2, 0.25) is 5.91 Å². The zero-order valence-corrected chi connectivity index (χ0v) is 14.0. The number of rotatable bonds is 5. The maximum absolute atomic E-state index is 12.6. The van der Waals surface area contributed by atoms with Crippen LogP contribution in [0.5, 0.6) is 0 Å². The van der Waals surface area contributed by atoms with Crippen molar-refractivity contribution < 1.29 is 18.8 Å². The molecule has 1 atom stereocenters. The molecule has 2 aromatic rings. The van der Waals surface area contributed by atoms with Gasteiger partial charge in [-0.05, 0) is 31.5 Å². The first kappa shape index (κ1) is 16.8. The largest absolute Gasteiger partial charge is 0.466 e. The number of nitrogens with one attached hydrogen (secondary N) is 2. The molecule has 2 heterocycles. The number of furan rings is 1. The first-order valence-corrected chi connectivity index (χ1v) is 7.90. The van der Waals surface area contributed by atoms with E-state index >= 15 is 0 Å². The van der Waals surface area contributed by atoms with Crippen LogP contribution in [0.3, 0.4) is 0 Å². The van der Waals surface area contributed by atoms with Crippen molar-refractivity contribution in [3.05, 3.63) is 59.5 Å². The number of hydrogen-bond acceptors (Lipinski definition) is 4. The van der Waals surface area contributed by atoms with Crippen LogP contribution >= 0.6 is 0 Å². The first-order chi connectivity index (χ1) is 11.9. The van der Waals surface area contributed by atoms with E-state index in [4.69, 9.17) is 4.42 Å². The van der Waals surface area contributed by atoms with Crippen molar-refractivity contribution in [1.29, 1.82) is 0 Å². The highest BCUT2D eigenvalue weighted by atomic mass is 16.3. The highest BCUT2D eigenvalue weighted by Gasteiger charge is 2.51. The lowest BCUT2D eigenvalue weighted by Gasteiger charge is -2.18. The number of benzene rings is 1. The second-order valence-corrected chi connectivity index (χ2v) is 6.19. The van der Waals surface area contributed by atoms with Gasteiger partial charge in [0.05, 0.1) is 6.26 Å². The molecule has 0 spiro atoms. The van der Waals surface area contributed by atoms with Crippen LogP contribution in [0.15, 0.2) is 47.1 Å². The van der Waals surface area contributed by atoms with Crippen LogP contribution in [0.25, 0.3) is 0 Å². The van der Waals surface area contributed by atoms with E-state index in [2.05, 4.69) is 10.6 Å². The summed E-state index contributed by atoms with van der Waals surface area (Å²) in [5.41, 5.74) is 0.779. The Bertz CT molecular complexity index is 798. The topological polar surface area (TPSA) is 91.7 Å². The molecule has 0 bridgehead atoms. The van der Waals surface area contributed by atoms with E-state index in [1.54, 1.807) is 19.1 Å². The monoisotopic (exact) mass is 341 g/mol. The van der Waals surface area contributed by atoms with Crippen molar-refractivity contribution in [3.8, 4) is 0 Å². The summed E-state index contributed by atoms with van der Waals surface area (Å²) in [6.45, 7) is 3.53. The van der Waals surface area contributed by atoms with Crippen molar-refractivity contribution in [3.63, 3.8) is 0 Å². The molecule has 2 N–H and O–H groups in total. The number of urea groups is 1. The van der Waals surface area contributed by atoms with Gasteiger partial charge in [0, 0.05) is 6.54 Å². The van der Waals surface area contributed by atoms with E-state index in [9.17, 15) is 14.4 Å². The van der Waals surface area contributed by atoms with E-state index in [0.717, 1.165) is 16.0 Å². The van der Waals surface area contributed by atoms with Crippen LogP contribution in [0.1, 0.15) is 23.8 Å². The summed E-state index contributed by atoms with van der Waals surface area (Å²) in [6, 6.07) is 10.4. The van der Waals surface area contributed by atoms with Crippen molar-refractivity contribution in [2.45, 2.75) is 25.9 Å². The third kappa shape index (κ3) is 3.26. The van der Waals surface area contributed by atoms with Crippen LogP contribution in [0.4, 0.5) is 4.79 Å². The summed E-state index contributed by atoms with van der Waals surface area (Å²) in [5.74, 6) is -0.598. The highest BCUT2D eigenvalue weighted by Crippen LogP contribution is 2.28. The fourth-order valence-corrected chi connectivity index (χ4v) is 2.68. The smallest absolute Gasteiger partial charge is 0.325 e. The van der Waals surface area contributed by atoms with E-state index in [1.165, 1.54) is 6.26 Å². The molecule has 1 aromatic heterocycles. The van der Waals surface area contributed by atoms with Crippen LogP contribution in [0.2, 0.25) is 0 Å². The molecular weight excluding hydrogens is 322 g/mol. The molecule has 1 fully saturated rings. The Morgan fingerprint density at radius 2 is 1.96 bits per heavy atom. The van der Waals surface area contributed by atoms with Crippen LogP contribution in [-0.4, -0.2) is 29.3 Å². The molecule has 4 amide bonds. The summed E-state index contributed by atoms with van der Waals surface area (Å²) in [7, 11) is 0. The standard InChI is InChI=1S/C18H19N3O4/c1-12-5-7-13(8-6-12)10-19-15(22)11-21-16(23)18(2,20-17(21)24)14-4-3-9-25-14/h3-9H,10-11H2,1-2H3,(H,19,22)(H,20,24). The van der Waals surface area contributed by atoms with Gasteiger partial charge in [-0.25, -0.2) is 4.79 Å². The van der Waals surface area contributed by atoms with Gasteiger partial charge in [-0.15, -0.1) is 0 Å². The van der Waals surface area contributed by atoms with Crippen molar-refractivity contribution in [2.24, 2.45) is 0 Å². The van der Waals surface area contributed by atoms with E-state index in [1.807, 2.05) is 31.2 Å². The predicted molar refractivity (Wildman–Crippen MR) is 89.3 cm³/mol. The molecule has 7 nitrogen and oxygen atoms in total. The van der Waals surface area contributed by atoms with Crippen molar-refractivity contribution >= 4 is 17.8 Å². The number of amides is 4. The minimum absolute atomic E-state index is 0.327. The predicted octanol–water partition coefficient (Wildman–Crippen LogP) is 1.67. The summed E-state index contributed by atoms with van der Waals surface area (Å²) >= 11 is 0. The summed E-state index contributed by atoms with van der Waals surface area (Å²) in [5, 5.41) is 5.29. The molecule has 130 valence electrons. The number of aryl methyl sites for hydroxylation is 1. The van der Waals surface area contributed by atoms with E-state index in [0.29, 0.717) is 12.3 Å². The zero-order valence-electron chi connectivity index (χ0n) is 14.0. The Kier molecular flexibility index (Phi) is 4.31. The fraction of sp³-hybridized carbons (Fsp3) is 0.278. The van der Waals surface area contributed by atoms with Crippen molar-refractivity contribution in [1.82, 2.24) is 15.5 Å². The van der Waals surface area contributed by atoms with Crippen LogP contribution in [0, 0.1) is 6.92 Å². The van der Waals surface area contributed by atoms with Gasteiger partial charge < -0.3 is 15.1 Å². The SMILES string of the molecule is Cc1ccc(CNC(=O)CN2C(=O)NC(C)(c3ccco3)C2=O)cc1. The van der Waals surface area contributed by atoms with E-state index in [-0.39, 0.29) is 6.54 Å². The number of carbonyl (C=O) groups excluding carboxylic acids is 3. The molecule has 1 unspecified atom stereocenters. The summed E-state index contributed by atoms with van der Waals surface area (Å²) in [6.07, 6.45) is 1.43. The molecular formula is C18H19N3O4.